The quantitative estimate of drug-likeness (QED) is 0.626. The molecule has 0 aliphatic heterocycles. The highest BCUT2D eigenvalue weighted by molar-refractivity contribution is 7.89. The molecule has 29 heavy (non-hydrogen) atoms. The second-order valence-corrected chi connectivity index (χ2v) is 8.57. The van der Waals surface area contributed by atoms with E-state index < -0.39 is 15.9 Å². The molecule has 1 aromatic heterocycles. The smallest absolute Gasteiger partial charge is 0.272 e. The largest absolute Gasteiger partial charge is 0.339 e. The number of hydrogen-bond donors (Lipinski definition) is 2. The van der Waals surface area contributed by atoms with Crippen LogP contribution >= 0.6 is 11.6 Å². The Kier molecular flexibility index (Phi) is 6.05. The number of sulfonamides is 1. The molecule has 150 valence electrons. The van der Waals surface area contributed by atoms with Crippen molar-refractivity contribution in [1.29, 1.82) is 0 Å². The highest BCUT2D eigenvalue weighted by Gasteiger charge is 2.13. The number of aromatic nitrogens is 1. The van der Waals surface area contributed by atoms with Crippen molar-refractivity contribution in [1.82, 2.24) is 9.29 Å². The number of anilines is 1. The number of benzene rings is 2. The van der Waals surface area contributed by atoms with E-state index in [1.54, 1.807) is 24.3 Å². The zero-order chi connectivity index (χ0) is 21.0. The molecule has 9 heteroatoms. The molecular weight excluding hydrogens is 414 g/mol. The monoisotopic (exact) mass is 431 g/mol. The standard InChI is InChI=1S/C20H18ClN3O4S/c1-29(27,28)23-19(25)15-6-10-17(11-7-15)22-20(26)18-3-2-12-24(18)13-14-4-8-16(21)9-5-14/h2-12H,13H2,1H3,(H,22,26)(H,23,25). The lowest BCUT2D eigenvalue weighted by Gasteiger charge is -2.11. The van der Waals surface area contributed by atoms with E-state index in [1.165, 1.54) is 24.3 Å². The average molecular weight is 432 g/mol. The van der Waals surface area contributed by atoms with Gasteiger partial charge in [-0.05, 0) is 54.1 Å². The van der Waals surface area contributed by atoms with Gasteiger partial charge < -0.3 is 9.88 Å². The van der Waals surface area contributed by atoms with Crippen molar-refractivity contribution in [2.75, 3.05) is 11.6 Å². The first-order valence-electron chi connectivity index (χ1n) is 8.54. The van der Waals surface area contributed by atoms with Gasteiger partial charge in [-0.1, -0.05) is 23.7 Å². The summed E-state index contributed by atoms with van der Waals surface area (Å²) < 4.78 is 26.0. The zero-order valence-electron chi connectivity index (χ0n) is 15.4. The molecule has 3 rings (SSSR count). The molecular formula is C20H18ClN3O4S. The summed E-state index contributed by atoms with van der Waals surface area (Å²) in [5.74, 6) is -1.04. The predicted octanol–water partition coefficient (Wildman–Crippen LogP) is 3.13. The van der Waals surface area contributed by atoms with Gasteiger partial charge in [-0.3, -0.25) is 9.59 Å². The van der Waals surface area contributed by atoms with Gasteiger partial charge in [0.05, 0.1) is 6.26 Å². The summed E-state index contributed by atoms with van der Waals surface area (Å²) in [5, 5.41) is 3.41. The molecule has 7 nitrogen and oxygen atoms in total. The van der Waals surface area contributed by atoms with Crippen molar-refractivity contribution >= 4 is 39.1 Å². The van der Waals surface area contributed by atoms with Crippen molar-refractivity contribution in [2.45, 2.75) is 6.54 Å². The van der Waals surface area contributed by atoms with Gasteiger partial charge in [0.1, 0.15) is 5.69 Å². The van der Waals surface area contributed by atoms with Crippen molar-refractivity contribution in [3.05, 3.63) is 88.7 Å². The lowest BCUT2D eigenvalue weighted by Crippen LogP contribution is -2.29. The number of halogens is 1. The third-order valence-corrected chi connectivity index (χ3v) is 4.82. The third-order valence-electron chi connectivity index (χ3n) is 4.01. The number of nitrogens with zero attached hydrogens (tertiary/aromatic N) is 1. The summed E-state index contributed by atoms with van der Waals surface area (Å²) >= 11 is 5.90. The molecule has 0 saturated carbocycles. The van der Waals surface area contributed by atoms with Gasteiger partial charge in [-0.15, -0.1) is 0 Å². The summed E-state index contributed by atoms with van der Waals surface area (Å²) in [6.45, 7) is 0.511. The van der Waals surface area contributed by atoms with Crippen molar-refractivity contribution in [3.63, 3.8) is 0 Å². The second kappa shape index (κ2) is 8.50. The number of carbonyl (C=O) groups excluding carboxylic acids is 2. The Balaban J connectivity index is 1.69. The summed E-state index contributed by atoms with van der Waals surface area (Å²) in [6.07, 6.45) is 2.71. The minimum absolute atomic E-state index is 0.166. The maximum atomic E-state index is 12.6. The lowest BCUT2D eigenvalue weighted by molar-refractivity contribution is 0.0980. The molecule has 1 heterocycles. The maximum absolute atomic E-state index is 12.6. The first-order chi connectivity index (χ1) is 13.7. The molecule has 0 aliphatic carbocycles. The minimum Gasteiger partial charge on any atom is -0.339 e. The number of amides is 2. The molecule has 0 radical (unpaired) electrons. The SMILES string of the molecule is CS(=O)(=O)NC(=O)c1ccc(NC(=O)c2cccn2Cc2ccc(Cl)cc2)cc1. The summed E-state index contributed by atoms with van der Waals surface area (Å²) in [6, 6.07) is 16.8. The van der Waals surface area contributed by atoms with Gasteiger partial charge in [-0.2, -0.15) is 0 Å². The van der Waals surface area contributed by atoms with Crippen LogP contribution in [0.25, 0.3) is 0 Å². The minimum atomic E-state index is -3.64. The normalized spacial score (nSPS) is 11.1. The number of nitrogens with one attached hydrogen (secondary N) is 2. The first kappa shape index (κ1) is 20.6. The summed E-state index contributed by atoms with van der Waals surface area (Å²) in [4.78, 5) is 24.5. The van der Waals surface area contributed by atoms with E-state index in [0.29, 0.717) is 22.9 Å². The highest BCUT2D eigenvalue weighted by atomic mass is 35.5. The molecule has 2 aromatic carbocycles. The number of carbonyl (C=O) groups is 2. The highest BCUT2D eigenvalue weighted by Crippen LogP contribution is 2.15. The van der Waals surface area contributed by atoms with Crippen molar-refractivity contribution in [3.8, 4) is 0 Å². The fourth-order valence-electron chi connectivity index (χ4n) is 2.67. The fraction of sp³-hybridized carbons (Fsp3) is 0.100. The summed E-state index contributed by atoms with van der Waals surface area (Å²) in [7, 11) is -3.64. The van der Waals surface area contributed by atoms with E-state index >= 15 is 0 Å². The second-order valence-electron chi connectivity index (χ2n) is 6.38. The first-order valence-corrected chi connectivity index (χ1v) is 10.8. The molecule has 0 aliphatic rings. The zero-order valence-corrected chi connectivity index (χ0v) is 17.0. The van der Waals surface area contributed by atoms with Crippen LogP contribution in [0, 0.1) is 0 Å². The van der Waals surface area contributed by atoms with Crippen LogP contribution in [-0.4, -0.2) is 31.1 Å². The predicted molar refractivity (Wildman–Crippen MR) is 112 cm³/mol. The van der Waals surface area contributed by atoms with Gasteiger partial charge in [-0.25, -0.2) is 13.1 Å². The van der Waals surface area contributed by atoms with Gasteiger partial charge in [0.25, 0.3) is 11.8 Å². The van der Waals surface area contributed by atoms with Gasteiger partial charge in [0, 0.05) is 29.0 Å². The number of hydrogen-bond acceptors (Lipinski definition) is 4. The van der Waals surface area contributed by atoms with Crippen LogP contribution in [0.3, 0.4) is 0 Å². The molecule has 0 bridgehead atoms. The number of rotatable bonds is 6. The van der Waals surface area contributed by atoms with Crippen molar-refractivity contribution < 1.29 is 18.0 Å². The average Bonchev–Trinajstić information content (AvgIpc) is 3.11. The van der Waals surface area contributed by atoms with E-state index in [0.717, 1.165) is 11.8 Å². The molecule has 0 spiro atoms. The van der Waals surface area contributed by atoms with Crippen LogP contribution in [0.4, 0.5) is 5.69 Å². The maximum Gasteiger partial charge on any atom is 0.272 e. The summed E-state index contributed by atoms with van der Waals surface area (Å²) in [5.41, 5.74) is 2.12. The molecule has 0 saturated heterocycles. The van der Waals surface area contributed by atoms with Gasteiger partial charge in [0.2, 0.25) is 10.0 Å². The van der Waals surface area contributed by atoms with Crippen LogP contribution in [0.1, 0.15) is 26.4 Å². The van der Waals surface area contributed by atoms with E-state index in [2.05, 4.69) is 5.32 Å². The van der Waals surface area contributed by atoms with Crippen LogP contribution in [-0.2, 0) is 16.6 Å². The van der Waals surface area contributed by atoms with Crippen LogP contribution in [0.2, 0.25) is 5.02 Å². The molecule has 0 unspecified atom stereocenters. The van der Waals surface area contributed by atoms with E-state index in [-0.39, 0.29) is 11.5 Å². The Morgan fingerprint density at radius 1 is 0.966 bits per heavy atom. The molecule has 0 fully saturated rings. The van der Waals surface area contributed by atoms with Gasteiger partial charge >= 0.3 is 0 Å². The Hall–Kier alpha value is -3.10. The Bertz CT molecular complexity index is 1140. The van der Waals surface area contributed by atoms with E-state index in [1.807, 2.05) is 27.6 Å². The Morgan fingerprint density at radius 3 is 2.24 bits per heavy atom. The van der Waals surface area contributed by atoms with Crippen molar-refractivity contribution in [2.24, 2.45) is 0 Å². The van der Waals surface area contributed by atoms with Crippen LogP contribution in [0.15, 0.2) is 66.9 Å². The fourth-order valence-corrected chi connectivity index (χ4v) is 3.25. The topological polar surface area (TPSA) is 97.3 Å². The Labute approximate surface area is 173 Å². The van der Waals surface area contributed by atoms with Crippen LogP contribution in [0.5, 0.6) is 0 Å². The van der Waals surface area contributed by atoms with Gasteiger partial charge in [0.15, 0.2) is 0 Å². The Morgan fingerprint density at radius 2 is 1.62 bits per heavy atom. The molecule has 2 amide bonds. The molecule has 2 N–H and O–H groups in total. The van der Waals surface area contributed by atoms with E-state index in [4.69, 9.17) is 11.6 Å². The molecule has 0 atom stereocenters. The molecule has 3 aromatic rings. The lowest BCUT2D eigenvalue weighted by atomic mass is 10.2. The van der Waals surface area contributed by atoms with E-state index in [9.17, 15) is 18.0 Å². The third kappa shape index (κ3) is 5.69. The van der Waals surface area contributed by atoms with Crippen LogP contribution < -0.4 is 10.0 Å².